The SMILES string of the molecule is CC(=O)C(O)(O)[C@@](C)(O)[C@](C)(O)[C@](C)(O)CO. The number of aliphatic hydroxyl groups excluding tert-OH is 1. The Bertz CT molecular complexity index is 304. The summed E-state index contributed by atoms with van der Waals surface area (Å²) in [7, 11) is 0. The molecule has 0 spiro atoms. The first kappa shape index (κ1) is 16.4. The minimum Gasteiger partial charge on any atom is -0.393 e. The van der Waals surface area contributed by atoms with Crippen LogP contribution >= 0.6 is 0 Å². The molecule has 0 saturated carbocycles. The molecular weight excluding hydrogens is 232 g/mol. The van der Waals surface area contributed by atoms with Crippen molar-refractivity contribution in [1.82, 2.24) is 0 Å². The summed E-state index contributed by atoms with van der Waals surface area (Å²) in [5, 5.41) is 57.7. The van der Waals surface area contributed by atoms with Crippen molar-refractivity contribution in [2.45, 2.75) is 50.3 Å². The summed E-state index contributed by atoms with van der Waals surface area (Å²) in [5.41, 5.74) is -7.59. The van der Waals surface area contributed by atoms with Crippen LogP contribution in [-0.2, 0) is 4.79 Å². The van der Waals surface area contributed by atoms with Crippen LogP contribution in [0.2, 0.25) is 0 Å². The fourth-order valence-electron chi connectivity index (χ4n) is 1.36. The predicted octanol–water partition coefficient (Wildman–Crippen LogP) is -2.50. The molecule has 6 N–H and O–H groups in total. The van der Waals surface area contributed by atoms with Crippen LogP contribution in [0.1, 0.15) is 27.7 Å². The molecule has 0 aliphatic carbocycles. The zero-order chi connectivity index (χ0) is 14.3. The van der Waals surface area contributed by atoms with Gasteiger partial charge in [0.05, 0.1) is 6.61 Å². The maximum Gasteiger partial charge on any atom is 0.256 e. The Hall–Kier alpha value is -0.570. The molecule has 102 valence electrons. The molecule has 0 fully saturated rings. The number of aliphatic hydroxyl groups is 6. The molecule has 0 unspecified atom stereocenters. The van der Waals surface area contributed by atoms with Gasteiger partial charge in [-0.05, 0) is 20.8 Å². The zero-order valence-electron chi connectivity index (χ0n) is 10.3. The van der Waals surface area contributed by atoms with E-state index in [1.165, 1.54) is 0 Å². The van der Waals surface area contributed by atoms with Crippen LogP contribution < -0.4 is 0 Å². The lowest BCUT2D eigenvalue weighted by atomic mass is 9.69. The average molecular weight is 252 g/mol. The molecule has 0 aromatic heterocycles. The first-order valence-electron chi connectivity index (χ1n) is 4.99. The van der Waals surface area contributed by atoms with Gasteiger partial charge in [-0.2, -0.15) is 0 Å². The lowest BCUT2D eigenvalue weighted by Gasteiger charge is -2.50. The van der Waals surface area contributed by atoms with Crippen molar-refractivity contribution >= 4 is 5.78 Å². The second-order valence-electron chi connectivity index (χ2n) is 4.80. The van der Waals surface area contributed by atoms with Crippen LogP contribution in [0, 0.1) is 0 Å². The summed E-state index contributed by atoms with van der Waals surface area (Å²) in [4.78, 5) is 11.1. The Kier molecular flexibility index (Phi) is 4.13. The number of carbonyl (C=O) groups is 1. The maximum atomic E-state index is 11.1. The summed E-state index contributed by atoms with van der Waals surface area (Å²) < 4.78 is 0. The van der Waals surface area contributed by atoms with Crippen molar-refractivity contribution in [3.63, 3.8) is 0 Å². The summed E-state index contributed by atoms with van der Waals surface area (Å²) in [5.74, 6) is -4.48. The van der Waals surface area contributed by atoms with Crippen molar-refractivity contribution in [2.24, 2.45) is 0 Å². The quantitative estimate of drug-likeness (QED) is 0.297. The Labute approximate surface area is 99.0 Å². The number of ketones is 1. The van der Waals surface area contributed by atoms with Gasteiger partial charge in [0.1, 0.15) is 11.2 Å². The van der Waals surface area contributed by atoms with E-state index in [1.54, 1.807) is 0 Å². The highest BCUT2D eigenvalue weighted by molar-refractivity contribution is 5.84. The third-order valence-corrected chi connectivity index (χ3v) is 3.47. The van der Waals surface area contributed by atoms with Gasteiger partial charge in [0, 0.05) is 6.92 Å². The van der Waals surface area contributed by atoms with E-state index in [9.17, 15) is 30.3 Å². The van der Waals surface area contributed by atoms with Crippen molar-refractivity contribution in [2.75, 3.05) is 6.61 Å². The molecule has 0 rings (SSSR count). The Morgan fingerprint density at radius 1 is 0.941 bits per heavy atom. The minimum atomic E-state index is -3.27. The zero-order valence-corrected chi connectivity index (χ0v) is 10.3. The van der Waals surface area contributed by atoms with Crippen LogP contribution in [0.3, 0.4) is 0 Å². The van der Waals surface area contributed by atoms with Crippen LogP contribution in [0.15, 0.2) is 0 Å². The monoisotopic (exact) mass is 252 g/mol. The highest BCUT2D eigenvalue weighted by Gasteiger charge is 2.65. The molecule has 0 amide bonds. The van der Waals surface area contributed by atoms with Gasteiger partial charge in [0.15, 0.2) is 11.4 Å². The number of carbonyl (C=O) groups excluding carboxylic acids is 1. The fraction of sp³-hybridized carbons (Fsp3) is 0.900. The summed E-state index contributed by atoms with van der Waals surface area (Å²) in [6.07, 6.45) is 0. The number of Topliss-reactive ketones (excluding diaryl/α,β-unsaturated/α-hetero) is 1. The van der Waals surface area contributed by atoms with E-state index >= 15 is 0 Å². The molecule has 7 heteroatoms. The average Bonchev–Trinajstić information content (AvgIpc) is 2.16. The predicted molar refractivity (Wildman–Crippen MR) is 56.8 cm³/mol. The summed E-state index contributed by atoms with van der Waals surface area (Å²) in [6.45, 7) is 2.49. The highest BCUT2D eigenvalue weighted by Crippen LogP contribution is 2.39. The van der Waals surface area contributed by atoms with E-state index < -0.39 is 35.0 Å². The second-order valence-corrected chi connectivity index (χ2v) is 4.80. The van der Waals surface area contributed by atoms with Crippen LogP contribution in [0.5, 0.6) is 0 Å². The number of hydrogen-bond acceptors (Lipinski definition) is 7. The second kappa shape index (κ2) is 4.27. The smallest absolute Gasteiger partial charge is 0.256 e. The molecule has 0 aliphatic heterocycles. The van der Waals surface area contributed by atoms with E-state index in [0.29, 0.717) is 0 Å². The first-order valence-corrected chi connectivity index (χ1v) is 4.99. The molecule has 0 aromatic rings. The van der Waals surface area contributed by atoms with Gasteiger partial charge in [0.2, 0.25) is 0 Å². The molecule has 17 heavy (non-hydrogen) atoms. The maximum absolute atomic E-state index is 11.1. The van der Waals surface area contributed by atoms with E-state index in [1.807, 2.05) is 0 Å². The van der Waals surface area contributed by atoms with E-state index in [2.05, 4.69) is 0 Å². The molecular formula is C10H20O7. The highest BCUT2D eigenvalue weighted by atomic mass is 16.5. The Morgan fingerprint density at radius 3 is 1.53 bits per heavy atom. The molecule has 0 aromatic carbocycles. The minimum absolute atomic E-state index is 0.776. The molecule has 0 saturated heterocycles. The first-order chi connectivity index (χ1) is 7.25. The fourth-order valence-corrected chi connectivity index (χ4v) is 1.36. The largest absolute Gasteiger partial charge is 0.393 e. The lowest BCUT2D eigenvalue weighted by molar-refractivity contribution is -0.331. The normalized spacial score (nSPS) is 23.4. The van der Waals surface area contributed by atoms with Gasteiger partial charge in [-0.25, -0.2) is 0 Å². The molecule has 0 heterocycles. The lowest BCUT2D eigenvalue weighted by Crippen LogP contribution is -2.75. The van der Waals surface area contributed by atoms with Crippen molar-refractivity contribution in [1.29, 1.82) is 0 Å². The van der Waals surface area contributed by atoms with Crippen LogP contribution in [0.4, 0.5) is 0 Å². The molecule has 0 bridgehead atoms. The third kappa shape index (κ3) is 2.22. The van der Waals surface area contributed by atoms with Gasteiger partial charge in [-0.1, -0.05) is 0 Å². The van der Waals surface area contributed by atoms with Crippen molar-refractivity contribution in [3.8, 4) is 0 Å². The van der Waals surface area contributed by atoms with Gasteiger partial charge < -0.3 is 30.6 Å². The summed E-state index contributed by atoms with van der Waals surface area (Å²) >= 11 is 0. The van der Waals surface area contributed by atoms with E-state index in [4.69, 9.17) is 5.11 Å². The number of hydrogen-bond donors (Lipinski definition) is 6. The molecule has 7 nitrogen and oxygen atoms in total. The Balaban J connectivity index is 5.69. The molecule has 0 aliphatic rings. The van der Waals surface area contributed by atoms with Gasteiger partial charge in [-0.15, -0.1) is 0 Å². The van der Waals surface area contributed by atoms with Crippen molar-refractivity contribution < 1.29 is 35.4 Å². The Morgan fingerprint density at radius 2 is 1.29 bits per heavy atom. The van der Waals surface area contributed by atoms with E-state index in [-0.39, 0.29) is 0 Å². The van der Waals surface area contributed by atoms with Gasteiger partial charge in [0.25, 0.3) is 5.79 Å². The van der Waals surface area contributed by atoms with Gasteiger partial charge >= 0.3 is 0 Å². The third-order valence-electron chi connectivity index (χ3n) is 3.47. The number of rotatable bonds is 5. The van der Waals surface area contributed by atoms with Crippen molar-refractivity contribution in [3.05, 3.63) is 0 Å². The topological polar surface area (TPSA) is 138 Å². The van der Waals surface area contributed by atoms with E-state index in [0.717, 1.165) is 27.7 Å². The van der Waals surface area contributed by atoms with Crippen LogP contribution in [0.25, 0.3) is 0 Å². The molecule has 0 radical (unpaired) electrons. The molecule has 3 atom stereocenters. The van der Waals surface area contributed by atoms with Crippen LogP contribution in [-0.4, -0.2) is 65.6 Å². The standard InChI is InChI=1S/C10H20O7/c1-6(12)10(16,17)9(4,15)8(3,14)7(2,13)5-11/h11,13-17H,5H2,1-4H3/t7-,8-,9+/m1/s1. The van der Waals surface area contributed by atoms with Gasteiger partial charge in [-0.3, -0.25) is 4.79 Å². The summed E-state index contributed by atoms with van der Waals surface area (Å²) in [6, 6.07) is 0.